The van der Waals surface area contributed by atoms with E-state index in [4.69, 9.17) is 11.5 Å². The zero-order valence-corrected chi connectivity index (χ0v) is 18.6. The molecule has 3 aromatic rings. The van der Waals surface area contributed by atoms with E-state index in [-0.39, 0.29) is 18.4 Å². The van der Waals surface area contributed by atoms with Crippen molar-refractivity contribution in [3.05, 3.63) is 24.8 Å². The number of nitrogen functional groups attached to an aromatic ring is 1. The molecular formula is C22H35N7O. The van der Waals surface area contributed by atoms with Crippen LogP contribution < -0.4 is 11.5 Å². The highest BCUT2D eigenvalue weighted by Gasteiger charge is 2.29. The third-order valence-corrected chi connectivity index (χ3v) is 5.06. The van der Waals surface area contributed by atoms with Gasteiger partial charge in [-0.1, -0.05) is 47.0 Å². The van der Waals surface area contributed by atoms with Crippen LogP contribution in [0.15, 0.2) is 24.8 Å². The average molecular weight is 414 g/mol. The molecule has 0 spiro atoms. The molecule has 0 aromatic carbocycles. The maximum absolute atomic E-state index is 11.6. The fourth-order valence-corrected chi connectivity index (χ4v) is 3.87. The molecule has 5 N–H and O–H groups in total. The molecule has 3 aromatic heterocycles. The number of fused-ring (bicyclic) bond motifs is 1. The fraction of sp³-hybridized carbons (Fsp3) is 0.545. The molecule has 1 fully saturated rings. The second-order valence-electron chi connectivity index (χ2n) is 7.36. The Morgan fingerprint density at radius 1 is 1.27 bits per heavy atom. The molecule has 1 aliphatic rings. The first kappa shape index (κ1) is 23.4. The molecule has 3 heterocycles. The summed E-state index contributed by atoms with van der Waals surface area (Å²) in [6, 6.07) is 1.86. The summed E-state index contributed by atoms with van der Waals surface area (Å²) < 4.78 is 1.81. The minimum atomic E-state index is -0.317. The van der Waals surface area contributed by atoms with Gasteiger partial charge in [0.15, 0.2) is 5.82 Å². The number of nitrogens with two attached hydrogens (primary N) is 2. The number of anilines is 1. The van der Waals surface area contributed by atoms with Crippen molar-refractivity contribution in [3.63, 3.8) is 0 Å². The number of rotatable bonds is 5. The third kappa shape index (κ3) is 5.37. The molecule has 0 saturated heterocycles. The van der Waals surface area contributed by atoms with Crippen LogP contribution >= 0.6 is 0 Å². The Hall–Kier alpha value is -2.90. The highest BCUT2D eigenvalue weighted by Crippen LogP contribution is 2.38. The molecule has 4 rings (SSSR count). The molecule has 1 amide bonds. The maximum Gasteiger partial charge on any atom is 0.219 e. The van der Waals surface area contributed by atoms with Crippen LogP contribution in [-0.2, 0) is 4.79 Å². The second kappa shape index (κ2) is 11.3. The smallest absolute Gasteiger partial charge is 0.219 e. The first-order valence-corrected chi connectivity index (χ1v) is 11.0. The summed E-state index contributed by atoms with van der Waals surface area (Å²) in [4.78, 5) is 23.2. The van der Waals surface area contributed by atoms with Gasteiger partial charge in [0, 0.05) is 24.2 Å². The Kier molecular flexibility index (Phi) is 8.83. The number of nitrogens with zero attached hydrogens (tertiary/aromatic N) is 4. The van der Waals surface area contributed by atoms with Crippen LogP contribution in [0.3, 0.4) is 0 Å². The summed E-state index contributed by atoms with van der Waals surface area (Å²) in [5, 5.41) is 5.38. The van der Waals surface area contributed by atoms with Crippen LogP contribution in [0.2, 0.25) is 0 Å². The lowest BCUT2D eigenvalue weighted by atomic mass is 9.95. The van der Waals surface area contributed by atoms with E-state index in [1.807, 2.05) is 37.0 Å². The summed E-state index contributed by atoms with van der Waals surface area (Å²) in [7, 11) is 0. The van der Waals surface area contributed by atoms with Gasteiger partial charge in [0.05, 0.1) is 17.3 Å². The number of carbonyl (C=O) groups excluding carboxylic acids is 1. The third-order valence-electron chi connectivity index (χ3n) is 5.06. The monoisotopic (exact) mass is 413 g/mol. The van der Waals surface area contributed by atoms with Crippen molar-refractivity contribution in [1.29, 1.82) is 0 Å². The van der Waals surface area contributed by atoms with Gasteiger partial charge in [0.2, 0.25) is 5.91 Å². The van der Waals surface area contributed by atoms with E-state index in [1.165, 1.54) is 25.6 Å². The van der Waals surface area contributed by atoms with Crippen molar-refractivity contribution >= 4 is 22.8 Å². The van der Waals surface area contributed by atoms with Crippen LogP contribution in [0.25, 0.3) is 22.3 Å². The van der Waals surface area contributed by atoms with Crippen molar-refractivity contribution in [2.45, 2.75) is 72.3 Å². The molecule has 0 radical (unpaired) electrons. The highest BCUT2D eigenvalue weighted by atomic mass is 16.1. The number of nitrogens with one attached hydrogen (secondary N) is 1. The molecule has 0 aliphatic heterocycles. The van der Waals surface area contributed by atoms with E-state index in [0.29, 0.717) is 11.7 Å². The van der Waals surface area contributed by atoms with Crippen LogP contribution in [0, 0.1) is 5.92 Å². The molecular weight excluding hydrogens is 378 g/mol. The van der Waals surface area contributed by atoms with E-state index in [1.54, 1.807) is 0 Å². The highest BCUT2D eigenvalue weighted by molar-refractivity contribution is 5.92. The number of H-pyrrole nitrogens is 1. The average Bonchev–Trinajstić information content (AvgIpc) is 3.48. The van der Waals surface area contributed by atoms with Gasteiger partial charge in [-0.05, 0) is 24.8 Å². The maximum atomic E-state index is 11.6. The molecule has 8 nitrogen and oxygen atoms in total. The van der Waals surface area contributed by atoms with Crippen molar-refractivity contribution < 1.29 is 4.79 Å². The summed E-state index contributed by atoms with van der Waals surface area (Å²) in [5.74, 6) is 0.480. The Morgan fingerprint density at radius 3 is 2.57 bits per heavy atom. The first-order chi connectivity index (χ1) is 14.5. The van der Waals surface area contributed by atoms with Crippen LogP contribution in [0.1, 0.15) is 72.3 Å². The molecule has 1 saturated carbocycles. The van der Waals surface area contributed by atoms with E-state index >= 15 is 0 Å². The van der Waals surface area contributed by atoms with Crippen LogP contribution in [-0.4, -0.2) is 30.6 Å². The quantitative estimate of drug-likeness (QED) is 0.569. The lowest BCUT2D eigenvalue weighted by Gasteiger charge is -2.22. The second-order valence-corrected chi connectivity index (χ2v) is 7.36. The number of hydrogen-bond donors (Lipinski definition) is 3. The fourth-order valence-electron chi connectivity index (χ4n) is 3.87. The summed E-state index contributed by atoms with van der Waals surface area (Å²) >= 11 is 0. The minimum Gasteiger partial charge on any atom is -0.382 e. The Bertz CT molecular complexity index is 925. The van der Waals surface area contributed by atoms with E-state index in [2.05, 4.69) is 33.9 Å². The first-order valence-electron chi connectivity index (χ1n) is 11.0. The van der Waals surface area contributed by atoms with Crippen LogP contribution in [0.5, 0.6) is 0 Å². The number of hydrogen-bond acceptors (Lipinski definition) is 5. The molecule has 8 heteroatoms. The molecule has 164 valence electrons. The SMILES string of the molecule is CC.CCC.NC(=O)CC(C1CCCC1)n1cc(-c2ncnc3[nH]ccc23)c(N)n1. The minimum absolute atomic E-state index is 0.0559. The lowest BCUT2D eigenvalue weighted by molar-refractivity contribution is -0.119. The van der Waals surface area contributed by atoms with Gasteiger partial charge >= 0.3 is 0 Å². The Morgan fingerprint density at radius 2 is 1.93 bits per heavy atom. The lowest BCUT2D eigenvalue weighted by Crippen LogP contribution is -2.25. The molecule has 1 atom stereocenters. The largest absolute Gasteiger partial charge is 0.382 e. The Labute approximate surface area is 178 Å². The van der Waals surface area contributed by atoms with Gasteiger partial charge in [-0.2, -0.15) is 5.10 Å². The van der Waals surface area contributed by atoms with Crippen molar-refractivity contribution in [2.75, 3.05) is 5.73 Å². The van der Waals surface area contributed by atoms with Crippen LogP contribution in [0.4, 0.5) is 5.82 Å². The number of amides is 1. The number of primary amides is 1. The van der Waals surface area contributed by atoms with Gasteiger partial charge in [-0.3, -0.25) is 9.48 Å². The summed E-state index contributed by atoms with van der Waals surface area (Å²) in [6.07, 6.45) is 11.3. The predicted octanol–water partition coefficient (Wildman–Crippen LogP) is 4.45. The molecule has 1 aliphatic carbocycles. The van der Waals surface area contributed by atoms with Gasteiger partial charge < -0.3 is 16.5 Å². The predicted molar refractivity (Wildman–Crippen MR) is 122 cm³/mol. The molecule has 0 bridgehead atoms. The topological polar surface area (TPSA) is 128 Å². The number of aromatic nitrogens is 5. The van der Waals surface area contributed by atoms with Gasteiger partial charge in [0.1, 0.15) is 12.0 Å². The van der Waals surface area contributed by atoms with E-state index in [0.717, 1.165) is 35.1 Å². The van der Waals surface area contributed by atoms with Crippen molar-refractivity contribution in [2.24, 2.45) is 11.7 Å². The molecule has 1 unspecified atom stereocenters. The van der Waals surface area contributed by atoms with Crippen molar-refractivity contribution in [3.8, 4) is 11.3 Å². The van der Waals surface area contributed by atoms with Crippen molar-refractivity contribution in [1.82, 2.24) is 24.7 Å². The standard InChI is InChI=1S/C17H21N7O.C3H8.C2H6/c18-14(25)7-13(10-3-1-2-4-10)24-8-12(16(19)23-24)15-11-5-6-20-17(11)22-9-21-15;1-3-2;1-2/h5-6,8-10,13H,1-4,7H2,(H2,18,25)(H2,19,23)(H,20,21,22);3H2,1-2H3;1-2H3. The normalized spacial score (nSPS) is 14.5. The zero-order chi connectivity index (χ0) is 22.1. The van der Waals surface area contributed by atoms with E-state index < -0.39 is 0 Å². The van der Waals surface area contributed by atoms with Gasteiger partial charge in [-0.25, -0.2) is 9.97 Å². The Balaban J connectivity index is 0.000000590. The van der Waals surface area contributed by atoms with E-state index in [9.17, 15) is 4.79 Å². The number of carbonyl (C=O) groups is 1. The number of aromatic amines is 1. The van der Waals surface area contributed by atoms with Gasteiger partial charge in [-0.15, -0.1) is 0 Å². The zero-order valence-electron chi connectivity index (χ0n) is 18.6. The molecule has 30 heavy (non-hydrogen) atoms. The summed E-state index contributed by atoms with van der Waals surface area (Å²) in [5.41, 5.74) is 13.9. The van der Waals surface area contributed by atoms with Gasteiger partial charge in [0.25, 0.3) is 0 Å². The summed E-state index contributed by atoms with van der Waals surface area (Å²) in [6.45, 7) is 8.25.